The zero-order chi connectivity index (χ0) is 13.9. The van der Waals surface area contributed by atoms with Crippen molar-refractivity contribution in [2.45, 2.75) is 6.61 Å². The number of aromatic amines is 1. The first kappa shape index (κ1) is 12.5. The number of fused-ring (bicyclic) bond motifs is 1. The lowest BCUT2D eigenvalue weighted by Gasteiger charge is -2.07. The predicted octanol–water partition coefficient (Wildman–Crippen LogP) is 2.13. The van der Waals surface area contributed by atoms with Gasteiger partial charge in [-0.25, -0.2) is 4.98 Å². The number of H-pyrrole nitrogens is 1. The first-order valence-corrected chi connectivity index (χ1v) is 6.21. The van der Waals surface area contributed by atoms with E-state index in [0.29, 0.717) is 11.5 Å². The first-order valence-electron chi connectivity index (χ1n) is 6.21. The molecule has 0 aliphatic heterocycles. The van der Waals surface area contributed by atoms with Gasteiger partial charge in [-0.15, -0.1) is 0 Å². The Morgan fingerprint density at radius 2 is 2.15 bits per heavy atom. The lowest BCUT2D eigenvalue weighted by Crippen LogP contribution is -2.11. The maximum Gasteiger partial charge on any atom is 0.251 e. The largest absolute Gasteiger partial charge is 0.377 e. The maximum atomic E-state index is 11.7. The van der Waals surface area contributed by atoms with Gasteiger partial charge in [-0.05, 0) is 12.1 Å². The van der Waals surface area contributed by atoms with Gasteiger partial charge in [0.05, 0.1) is 11.2 Å². The molecule has 3 aromatic rings. The minimum atomic E-state index is -0.192. The van der Waals surface area contributed by atoms with Crippen LogP contribution in [0, 0.1) is 0 Å². The van der Waals surface area contributed by atoms with Gasteiger partial charge in [0.1, 0.15) is 12.4 Å². The van der Waals surface area contributed by atoms with Crippen LogP contribution < -0.4 is 5.56 Å². The number of nitrogens with zero attached hydrogens (tertiary/aromatic N) is 2. The smallest absolute Gasteiger partial charge is 0.251 e. The number of rotatable bonds is 3. The lowest BCUT2D eigenvalue weighted by atomic mass is 10.1. The van der Waals surface area contributed by atoms with E-state index in [0.717, 1.165) is 16.5 Å². The molecule has 2 aromatic heterocycles. The minimum absolute atomic E-state index is 0.192. The van der Waals surface area contributed by atoms with Gasteiger partial charge < -0.3 is 9.72 Å². The number of ether oxygens (including phenoxy) is 1. The topological polar surface area (TPSA) is 67.9 Å². The molecule has 0 radical (unpaired) electrons. The molecule has 0 unspecified atom stereocenters. The highest BCUT2D eigenvalue weighted by Crippen LogP contribution is 2.25. The van der Waals surface area contributed by atoms with E-state index >= 15 is 0 Å². The van der Waals surface area contributed by atoms with Gasteiger partial charge in [0.2, 0.25) is 0 Å². The van der Waals surface area contributed by atoms with E-state index in [9.17, 15) is 4.79 Å². The summed E-state index contributed by atoms with van der Waals surface area (Å²) in [4.78, 5) is 23.1. The van der Waals surface area contributed by atoms with Crippen molar-refractivity contribution in [2.24, 2.45) is 0 Å². The Hall–Kier alpha value is -2.53. The van der Waals surface area contributed by atoms with E-state index in [2.05, 4.69) is 15.0 Å². The SMILES string of the molecule is COCc1nc(-c2cccc3ncccc23)cc(=O)[nH]1. The fourth-order valence-electron chi connectivity index (χ4n) is 2.18. The molecule has 3 rings (SSSR count). The van der Waals surface area contributed by atoms with Crippen LogP contribution in [0.2, 0.25) is 0 Å². The fraction of sp³-hybridized carbons (Fsp3) is 0.133. The number of hydrogen-bond acceptors (Lipinski definition) is 4. The van der Waals surface area contributed by atoms with Gasteiger partial charge in [-0.2, -0.15) is 0 Å². The molecule has 2 heterocycles. The second-order valence-corrected chi connectivity index (χ2v) is 4.39. The summed E-state index contributed by atoms with van der Waals surface area (Å²) >= 11 is 0. The number of methoxy groups -OCH3 is 1. The Morgan fingerprint density at radius 1 is 1.25 bits per heavy atom. The molecule has 0 aliphatic carbocycles. The molecule has 1 N–H and O–H groups in total. The summed E-state index contributed by atoms with van der Waals surface area (Å²) in [5.41, 5.74) is 2.20. The summed E-state index contributed by atoms with van der Waals surface area (Å²) in [6.45, 7) is 0.270. The Labute approximate surface area is 115 Å². The molecule has 0 saturated heterocycles. The van der Waals surface area contributed by atoms with Gasteiger partial charge in [0.15, 0.2) is 0 Å². The number of nitrogens with one attached hydrogen (secondary N) is 1. The molecule has 100 valence electrons. The van der Waals surface area contributed by atoms with Gasteiger partial charge in [-0.3, -0.25) is 9.78 Å². The van der Waals surface area contributed by atoms with Crippen LogP contribution in [0.4, 0.5) is 0 Å². The summed E-state index contributed by atoms with van der Waals surface area (Å²) in [5, 5.41) is 0.969. The van der Waals surface area contributed by atoms with Crippen LogP contribution in [-0.2, 0) is 11.3 Å². The second-order valence-electron chi connectivity index (χ2n) is 4.39. The van der Waals surface area contributed by atoms with Crippen molar-refractivity contribution >= 4 is 10.9 Å². The summed E-state index contributed by atoms with van der Waals surface area (Å²) in [7, 11) is 1.56. The van der Waals surface area contributed by atoms with Gasteiger partial charge in [0.25, 0.3) is 5.56 Å². The van der Waals surface area contributed by atoms with Gasteiger partial charge >= 0.3 is 0 Å². The zero-order valence-electron chi connectivity index (χ0n) is 11.0. The number of benzene rings is 1. The lowest BCUT2D eigenvalue weighted by molar-refractivity contribution is 0.177. The van der Waals surface area contributed by atoms with Crippen molar-refractivity contribution in [3.8, 4) is 11.3 Å². The van der Waals surface area contributed by atoms with Crippen molar-refractivity contribution in [1.29, 1.82) is 0 Å². The standard InChI is InChI=1S/C15H13N3O2/c1-20-9-14-17-13(8-15(19)18-14)11-4-2-6-12-10(11)5-3-7-16-12/h2-8H,9H2,1H3,(H,17,18,19). The van der Waals surface area contributed by atoms with Gasteiger partial charge in [-0.1, -0.05) is 18.2 Å². The third-order valence-corrected chi connectivity index (χ3v) is 2.99. The molecule has 0 saturated carbocycles. The molecular formula is C15H13N3O2. The number of aromatic nitrogens is 3. The van der Waals surface area contributed by atoms with E-state index in [-0.39, 0.29) is 12.2 Å². The molecule has 0 aliphatic rings. The van der Waals surface area contributed by atoms with Crippen LogP contribution in [0.3, 0.4) is 0 Å². The van der Waals surface area contributed by atoms with E-state index in [1.807, 2.05) is 30.3 Å². The quantitative estimate of drug-likeness (QED) is 0.789. The second kappa shape index (κ2) is 5.22. The Morgan fingerprint density at radius 3 is 3.00 bits per heavy atom. The summed E-state index contributed by atoms with van der Waals surface area (Å²) in [6.07, 6.45) is 1.74. The summed E-state index contributed by atoms with van der Waals surface area (Å²) in [5.74, 6) is 0.510. The number of pyridine rings is 1. The highest BCUT2D eigenvalue weighted by Gasteiger charge is 2.08. The van der Waals surface area contributed by atoms with E-state index in [1.54, 1.807) is 13.3 Å². The molecule has 20 heavy (non-hydrogen) atoms. The maximum absolute atomic E-state index is 11.7. The third kappa shape index (κ3) is 2.31. The normalized spacial score (nSPS) is 10.8. The molecule has 5 nitrogen and oxygen atoms in total. The first-order chi connectivity index (χ1) is 9.78. The van der Waals surface area contributed by atoms with Crippen molar-refractivity contribution in [1.82, 2.24) is 15.0 Å². The molecule has 0 bridgehead atoms. The van der Waals surface area contributed by atoms with Crippen LogP contribution in [0.1, 0.15) is 5.82 Å². The van der Waals surface area contributed by atoms with Crippen LogP contribution in [0.5, 0.6) is 0 Å². The van der Waals surface area contributed by atoms with E-state index < -0.39 is 0 Å². The zero-order valence-corrected chi connectivity index (χ0v) is 11.0. The Bertz CT molecular complexity index is 806. The average Bonchev–Trinajstić information content (AvgIpc) is 2.46. The molecule has 0 spiro atoms. The fourth-order valence-corrected chi connectivity index (χ4v) is 2.18. The molecular weight excluding hydrogens is 254 g/mol. The third-order valence-electron chi connectivity index (χ3n) is 2.99. The van der Waals surface area contributed by atoms with E-state index in [4.69, 9.17) is 4.74 Å². The summed E-state index contributed by atoms with van der Waals surface area (Å²) in [6, 6.07) is 11.1. The van der Waals surface area contributed by atoms with Crippen molar-refractivity contribution in [3.63, 3.8) is 0 Å². The Kier molecular flexibility index (Phi) is 3.26. The van der Waals surface area contributed by atoms with Crippen molar-refractivity contribution < 1.29 is 4.74 Å². The molecule has 0 fully saturated rings. The van der Waals surface area contributed by atoms with E-state index in [1.165, 1.54) is 6.07 Å². The monoisotopic (exact) mass is 267 g/mol. The number of hydrogen-bond donors (Lipinski definition) is 1. The van der Waals surface area contributed by atoms with Gasteiger partial charge in [0, 0.05) is 30.3 Å². The molecule has 5 heteroatoms. The minimum Gasteiger partial charge on any atom is -0.377 e. The highest BCUT2D eigenvalue weighted by atomic mass is 16.5. The van der Waals surface area contributed by atoms with Crippen molar-refractivity contribution in [2.75, 3.05) is 7.11 Å². The highest BCUT2D eigenvalue weighted by molar-refractivity contribution is 5.93. The van der Waals surface area contributed by atoms with Crippen LogP contribution in [-0.4, -0.2) is 22.1 Å². The molecule has 1 aromatic carbocycles. The van der Waals surface area contributed by atoms with Crippen LogP contribution >= 0.6 is 0 Å². The summed E-state index contributed by atoms with van der Waals surface area (Å²) < 4.78 is 5.02. The predicted molar refractivity (Wildman–Crippen MR) is 76.3 cm³/mol. The average molecular weight is 267 g/mol. The Balaban J connectivity index is 2.23. The molecule has 0 amide bonds. The van der Waals surface area contributed by atoms with Crippen LogP contribution in [0.15, 0.2) is 47.4 Å². The van der Waals surface area contributed by atoms with Crippen LogP contribution in [0.25, 0.3) is 22.2 Å². The van der Waals surface area contributed by atoms with Crippen molar-refractivity contribution in [3.05, 3.63) is 58.8 Å². The molecule has 0 atom stereocenters.